The van der Waals surface area contributed by atoms with E-state index in [0.717, 1.165) is 41.6 Å². The van der Waals surface area contributed by atoms with E-state index >= 15 is 0 Å². The van der Waals surface area contributed by atoms with E-state index in [1.807, 2.05) is 19.9 Å². The minimum Gasteiger partial charge on any atom is -0.364 e. The number of nitrogens with one attached hydrogen (secondary N) is 2. The molecule has 0 aliphatic carbocycles. The summed E-state index contributed by atoms with van der Waals surface area (Å²) < 4.78 is 0. The molecule has 0 aliphatic heterocycles. The van der Waals surface area contributed by atoms with Gasteiger partial charge in [0.1, 0.15) is 23.3 Å². The Hall–Kier alpha value is -2.28. The van der Waals surface area contributed by atoms with Crippen LogP contribution in [-0.2, 0) is 13.0 Å². The van der Waals surface area contributed by atoms with Gasteiger partial charge in [0, 0.05) is 18.2 Å². The molecule has 21 heavy (non-hydrogen) atoms. The van der Waals surface area contributed by atoms with Crippen molar-refractivity contribution in [2.45, 2.75) is 40.2 Å². The summed E-state index contributed by atoms with van der Waals surface area (Å²) in [5.41, 5.74) is 4.43. The smallest absolute Gasteiger partial charge is 0.148 e. The normalized spacial score (nSPS) is 10.5. The predicted octanol–water partition coefficient (Wildman–Crippen LogP) is 1.73. The van der Waals surface area contributed by atoms with E-state index < -0.39 is 0 Å². The Morgan fingerprint density at radius 1 is 1.14 bits per heavy atom. The standard InChI is InChI=1S/C14H21N7/c1-4-5-12-19-13(9(2)14(20-12)21-15)17-8-11-6-7-16-10(3)18-11/h6-7H,4-5,8,15H2,1-3H3,(H2,17,19,20,21). The zero-order chi connectivity index (χ0) is 15.2. The largest absolute Gasteiger partial charge is 0.364 e. The highest BCUT2D eigenvalue weighted by Crippen LogP contribution is 2.20. The van der Waals surface area contributed by atoms with Gasteiger partial charge in [-0.15, -0.1) is 0 Å². The fraction of sp³-hybridized carbons (Fsp3) is 0.429. The van der Waals surface area contributed by atoms with Crippen molar-refractivity contribution in [2.75, 3.05) is 10.7 Å². The van der Waals surface area contributed by atoms with E-state index in [1.165, 1.54) is 0 Å². The average Bonchev–Trinajstić information content (AvgIpc) is 2.48. The highest BCUT2D eigenvalue weighted by atomic mass is 15.3. The van der Waals surface area contributed by atoms with Crippen LogP contribution in [0.5, 0.6) is 0 Å². The van der Waals surface area contributed by atoms with Crippen LogP contribution < -0.4 is 16.6 Å². The quantitative estimate of drug-likeness (QED) is 0.549. The Morgan fingerprint density at radius 2 is 1.90 bits per heavy atom. The fourth-order valence-electron chi connectivity index (χ4n) is 1.99. The Balaban J connectivity index is 2.20. The third-order valence-corrected chi connectivity index (χ3v) is 3.07. The van der Waals surface area contributed by atoms with E-state index in [9.17, 15) is 0 Å². The molecule has 0 fully saturated rings. The van der Waals surface area contributed by atoms with Crippen LogP contribution in [0.2, 0.25) is 0 Å². The number of nitrogen functional groups attached to an aromatic ring is 1. The molecule has 0 spiro atoms. The van der Waals surface area contributed by atoms with Crippen molar-refractivity contribution in [3.05, 3.63) is 35.2 Å². The molecular formula is C14H21N7. The number of aryl methyl sites for hydroxylation is 2. The number of nitrogens with zero attached hydrogens (tertiary/aromatic N) is 4. The minimum atomic E-state index is 0.580. The monoisotopic (exact) mass is 287 g/mol. The van der Waals surface area contributed by atoms with Gasteiger partial charge in [-0.05, 0) is 26.3 Å². The van der Waals surface area contributed by atoms with E-state index in [0.29, 0.717) is 12.4 Å². The molecule has 0 amide bonds. The van der Waals surface area contributed by atoms with Gasteiger partial charge in [0.15, 0.2) is 0 Å². The Bertz CT molecular complexity index is 612. The average molecular weight is 287 g/mol. The zero-order valence-corrected chi connectivity index (χ0v) is 12.6. The van der Waals surface area contributed by atoms with Gasteiger partial charge in [0.2, 0.25) is 0 Å². The highest BCUT2D eigenvalue weighted by molar-refractivity contribution is 5.56. The van der Waals surface area contributed by atoms with Crippen LogP contribution in [-0.4, -0.2) is 19.9 Å². The molecule has 0 atom stereocenters. The number of rotatable bonds is 6. The fourth-order valence-corrected chi connectivity index (χ4v) is 1.99. The van der Waals surface area contributed by atoms with Gasteiger partial charge in [0.05, 0.1) is 12.2 Å². The van der Waals surface area contributed by atoms with Gasteiger partial charge in [0.25, 0.3) is 0 Å². The summed E-state index contributed by atoms with van der Waals surface area (Å²) >= 11 is 0. The van der Waals surface area contributed by atoms with Crippen molar-refractivity contribution in [2.24, 2.45) is 5.84 Å². The SMILES string of the molecule is CCCc1nc(NN)c(C)c(NCc2ccnc(C)n2)n1. The summed E-state index contributed by atoms with van der Waals surface area (Å²) in [4.78, 5) is 17.4. The zero-order valence-electron chi connectivity index (χ0n) is 12.6. The van der Waals surface area contributed by atoms with Crippen molar-refractivity contribution in [1.82, 2.24) is 19.9 Å². The second kappa shape index (κ2) is 6.94. The number of hydrogen-bond donors (Lipinski definition) is 3. The summed E-state index contributed by atoms with van der Waals surface area (Å²) in [6.07, 6.45) is 3.55. The van der Waals surface area contributed by atoms with Crippen LogP contribution in [0.25, 0.3) is 0 Å². The number of anilines is 2. The molecule has 2 aromatic rings. The Labute approximate surface area is 124 Å². The molecule has 0 aliphatic rings. The van der Waals surface area contributed by atoms with E-state index in [4.69, 9.17) is 5.84 Å². The third-order valence-electron chi connectivity index (χ3n) is 3.07. The number of hydrogen-bond acceptors (Lipinski definition) is 7. The van der Waals surface area contributed by atoms with Crippen LogP contribution in [0.1, 0.15) is 36.3 Å². The molecule has 0 aromatic carbocycles. The first-order chi connectivity index (χ1) is 10.1. The van der Waals surface area contributed by atoms with Gasteiger partial charge in [-0.3, -0.25) is 0 Å². The topological polar surface area (TPSA) is 102 Å². The van der Waals surface area contributed by atoms with E-state index in [2.05, 4.69) is 37.6 Å². The molecular weight excluding hydrogens is 266 g/mol. The summed E-state index contributed by atoms with van der Waals surface area (Å²) in [5, 5.41) is 3.29. The maximum atomic E-state index is 5.52. The van der Waals surface area contributed by atoms with Crippen LogP contribution >= 0.6 is 0 Å². The van der Waals surface area contributed by atoms with E-state index in [-0.39, 0.29) is 0 Å². The number of nitrogens with two attached hydrogens (primary N) is 1. The molecule has 0 radical (unpaired) electrons. The lowest BCUT2D eigenvalue weighted by Crippen LogP contribution is -2.15. The molecule has 2 aromatic heterocycles. The summed E-state index contributed by atoms with van der Waals surface area (Å²) in [6.45, 7) is 6.47. The molecule has 2 heterocycles. The number of aromatic nitrogens is 4. The molecule has 7 heteroatoms. The molecule has 0 saturated carbocycles. The van der Waals surface area contributed by atoms with Gasteiger partial charge in [-0.1, -0.05) is 6.92 Å². The second-order valence-corrected chi connectivity index (χ2v) is 4.81. The minimum absolute atomic E-state index is 0.580. The maximum absolute atomic E-state index is 5.52. The molecule has 4 N–H and O–H groups in total. The molecule has 112 valence electrons. The first-order valence-electron chi connectivity index (χ1n) is 7.00. The highest BCUT2D eigenvalue weighted by Gasteiger charge is 2.10. The van der Waals surface area contributed by atoms with Crippen molar-refractivity contribution in [3.8, 4) is 0 Å². The Morgan fingerprint density at radius 3 is 2.57 bits per heavy atom. The van der Waals surface area contributed by atoms with Crippen LogP contribution in [0.15, 0.2) is 12.3 Å². The lowest BCUT2D eigenvalue weighted by Gasteiger charge is -2.13. The van der Waals surface area contributed by atoms with Crippen molar-refractivity contribution in [3.63, 3.8) is 0 Å². The maximum Gasteiger partial charge on any atom is 0.148 e. The van der Waals surface area contributed by atoms with Crippen LogP contribution in [0.4, 0.5) is 11.6 Å². The van der Waals surface area contributed by atoms with Gasteiger partial charge in [-0.2, -0.15) is 0 Å². The molecule has 2 rings (SSSR count). The van der Waals surface area contributed by atoms with Crippen molar-refractivity contribution >= 4 is 11.6 Å². The third kappa shape index (κ3) is 3.85. The van der Waals surface area contributed by atoms with Gasteiger partial charge >= 0.3 is 0 Å². The summed E-state index contributed by atoms with van der Waals surface area (Å²) in [5.74, 6) is 8.48. The molecule has 7 nitrogen and oxygen atoms in total. The van der Waals surface area contributed by atoms with Crippen molar-refractivity contribution in [1.29, 1.82) is 0 Å². The van der Waals surface area contributed by atoms with Crippen molar-refractivity contribution < 1.29 is 0 Å². The van der Waals surface area contributed by atoms with Crippen LogP contribution in [0.3, 0.4) is 0 Å². The van der Waals surface area contributed by atoms with Crippen LogP contribution in [0, 0.1) is 13.8 Å². The molecule has 0 unspecified atom stereocenters. The molecule has 0 bridgehead atoms. The second-order valence-electron chi connectivity index (χ2n) is 4.81. The van der Waals surface area contributed by atoms with Gasteiger partial charge < -0.3 is 10.7 Å². The first-order valence-corrected chi connectivity index (χ1v) is 7.00. The van der Waals surface area contributed by atoms with Gasteiger partial charge in [-0.25, -0.2) is 25.8 Å². The molecule has 0 saturated heterocycles. The first kappa shape index (κ1) is 15.1. The summed E-state index contributed by atoms with van der Waals surface area (Å²) in [6, 6.07) is 1.88. The predicted molar refractivity (Wildman–Crippen MR) is 82.7 cm³/mol. The van der Waals surface area contributed by atoms with E-state index in [1.54, 1.807) is 6.20 Å². The lowest BCUT2D eigenvalue weighted by atomic mass is 10.2. The Kier molecular flexibility index (Phi) is 4.99. The number of hydrazine groups is 1. The lowest BCUT2D eigenvalue weighted by molar-refractivity contribution is 0.829. The summed E-state index contributed by atoms with van der Waals surface area (Å²) in [7, 11) is 0.